The Morgan fingerprint density at radius 3 is 2.86 bits per heavy atom. The molecule has 1 heterocycles. The van der Waals surface area contributed by atoms with Crippen LogP contribution in [-0.2, 0) is 0 Å². The molecule has 1 N–H and O–H groups in total. The van der Waals surface area contributed by atoms with Gasteiger partial charge in [-0.2, -0.15) is 0 Å². The predicted molar refractivity (Wildman–Crippen MR) is 61.1 cm³/mol. The quantitative estimate of drug-likeness (QED) is 0.737. The molecule has 2 rings (SSSR count). The molecular weight excluding hydrogens is 264 g/mol. The molecule has 0 spiro atoms. The summed E-state index contributed by atoms with van der Waals surface area (Å²) in [5.74, 6) is 0.178. The highest BCUT2D eigenvalue weighted by Crippen LogP contribution is 2.29. The highest BCUT2D eigenvalue weighted by Gasteiger charge is 2.06. The molecule has 4 heteroatoms. The molecule has 0 aliphatic carbocycles. The van der Waals surface area contributed by atoms with Crippen LogP contribution in [0.15, 0.2) is 27.1 Å². The van der Waals surface area contributed by atoms with Gasteiger partial charge in [0.25, 0.3) is 0 Å². The maximum absolute atomic E-state index is 9.28. The van der Waals surface area contributed by atoms with Crippen molar-refractivity contribution in [3.05, 3.63) is 32.9 Å². The van der Waals surface area contributed by atoms with Crippen LogP contribution in [0.25, 0.3) is 11.0 Å². The lowest BCUT2D eigenvalue weighted by Crippen LogP contribution is -1.81. The van der Waals surface area contributed by atoms with Gasteiger partial charge in [-0.05, 0) is 52.8 Å². The van der Waals surface area contributed by atoms with Crippen molar-refractivity contribution >= 4 is 39.1 Å². The number of rotatable bonds is 0. The molecule has 0 saturated carbocycles. The second kappa shape index (κ2) is 3.37. The Morgan fingerprint density at radius 2 is 2.14 bits per heavy atom. The molecule has 0 aliphatic heterocycles. The average Bonchev–Trinajstić information content (AvgIpc) is 2.14. The summed E-state index contributed by atoms with van der Waals surface area (Å²) in [5, 5.41) is 10.2. The highest BCUT2D eigenvalue weighted by molar-refractivity contribution is 9.10. The standard InChI is InChI=1S/C10H7BrO2S/c1-5-7-3-2-6(12)4-8(7)13-10(14)9(5)11/h2-4,12H,1H3. The van der Waals surface area contributed by atoms with E-state index in [2.05, 4.69) is 15.9 Å². The number of hydrogen-bond donors (Lipinski definition) is 1. The molecule has 72 valence electrons. The monoisotopic (exact) mass is 270 g/mol. The first-order valence-electron chi connectivity index (χ1n) is 4.01. The second-order valence-electron chi connectivity index (χ2n) is 3.01. The largest absolute Gasteiger partial charge is 0.508 e. The van der Waals surface area contributed by atoms with Crippen LogP contribution in [0.2, 0.25) is 0 Å². The molecule has 2 aromatic rings. The molecule has 0 amide bonds. The Labute approximate surface area is 94.3 Å². The number of aromatic hydroxyl groups is 1. The molecule has 1 aromatic heterocycles. The Hall–Kier alpha value is -0.870. The van der Waals surface area contributed by atoms with Gasteiger partial charge >= 0.3 is 0 Å². The van der Waals surface area contributed by atoms with Crippen LogP contribution in [0, 0.1) is 11.6 Å². The molecule has 0 saturated heterocycles. The van der Waals surface area contributed by atoms with Crippen molar-refractivity contribution < 1.29 is 9.52 Å². The van der Waals surface area contributed by atoms with Crippen LogP contribution in [0.4, 0.5) is 0 Å². The third-order valence-corrected chi connectivity index (χ3v) is 3.59. The first kappa shape index (κ1) is 9.68. The van der Waals surface area contributed by atoms with Gasteiger partial charge in [-0.25, -0.2) is 0 Å². The van der Waals surface area contributed by atoms with E-state index in [-0.39, 0.29) is 5.75 Å². The second-order valence-corrected chi connectivity index (χ2v) is 4.17. The molecule has 0 radical (unpaired) electrons. The Morgan fingerprint density at radius 1 is 1.43 bits per heavy atom. The summed E-state index contributed by atoms with van der Waals surface area (Å²) in [5.41, 5.74) is 1.63. The lowest BCUT2D eigenvalue weighted by Gasteiger charge is -2.03. The summed E-state index contributed by atoms with van der Waals surface area (Å²) in [6.45, 7) is 1.95. The van der Waals surface area contributed by atoms with E-state index in [1.165, 1.54) is 0 Å². The summed E-state index contributed by atoms with van der Waals surface area (Å²) < 4.78 is 6.56. The zero-order valence-electron chi connectivity index (χ0n) is 7.37. The third kappa shape index (κ3) is 1.44. The van der Waals surface area contributed by atoms with Gasteiger partial charge in [0.1, 0.15) is 11.3 Å². The lowest BCUT2D eigenvalue weighted by atomic mass is 10.1. The third-order valence-electron chi connectivity index (χ3n) is 2.08. The van der Waals surface area contributed by atoms with Crippen LogP contribution in [0.5, 0.6) is 5.75 Å². The van der Waals surface area contributed by atoms with Crippen LogP contribution >= 0.6 is 28.1 Å². The average molecular weight is 271 g/mol. The van der Waals surface area contributed by atoms with Crippen molar-refractivity contribution in [3.63, 3.8) is 0 Å². The predicted octanol–water partition coefficient (Wildman–Crippen LogP) is 3.94. The number of hydrogen-bond acceptors (Lipinski definition) is 3. The van der Waals surface area contributed by atoms with Gasteiger partial charge in [0, 0.05) is 11.5 Å². The summed E-state index contributed by atoms with van der Waals surface area (Å²) in [6.07, 6.45) is 0. The minimum Gasteiger partial charge on any atom is -0.508 e. The molecule has 0 fully saturated rings. The van der Waals surface area contributed by atoms with E-state index in [4.69, 9.17) is 16.6 Å². The fourth-order valence-electron chi connectivity index (χ4n) is 1.32. The number of benzene rings is 1. The van der Waals surface area contributed by atoms with E-state index < -0.39 is 0 Å². The van der Waals surface area contributed by atoms with Crippen molar-refractivity contribution in [2.24, 2.45) is 0 Å². The molecule has 0 bridgehead atoms. The van der Waals surface area contributed by atoms with Crippen molar-refractivity contribution in [3.8, 4) is 5.75 Å². The van der Waals surface area contributed by atoms with E-state index in [9.17, 15) is 5.11 Å². The molecule has 14 heavy (non-hydrogen) atoms. The number of fused-ring (bicyclic) bond motifs is 1. The van der Waals surface area contributed by atoms with Crippen molar-refractivity contribution in [2.75, 3.05) is 0 Å². The van der Waals surface area contributed by atoms with Gasteiger partial charge in [-0.15, -0.1) is 0 Å². The minimum atomic E-state index is 0.178. The van der Waals surface area contributed by atoms with Crippen LogP contribution in [-0.4, -0.2) is 5.11 Å². The van der Waals surface area contributed by atoms with E-state index in [1.54, 1.807) is 12.1 Å². The molecule has 0 aliphatic rings. The SMILES string of the molecule is Cc1c(Br)c(=S)oc2cc(O)ccc12. The van der Waals surface area contributed by atoms with Crippen molar-refractivity contribution in [2.45, 2.75) is 6.92 Å². The zero-order chi connectivity index (χ0) is 10.3. The highest BCUT2D eigenvalue weighted by atomic mass is 79.9. The van der Waals surface area contributed by atoms with E-state index in [1.807, 2.05) is 13.0 Å². The van der Waals surface area contributed by atoms with E-state index in [0.29, 0.717) is 10.3 Å². The molecule has 0 unspecified atom stereocenters. The van der Waals surface area contributed by atoms with E-state index >= 15 is 0 Å². The van der Waals surface area contributed by atoms with Crippen molar-refractivity contribution in [1.29, 1.82) is 0 Å². The van der Waals surface area contributed by atoms with Gasteiger partial charge in [-0.1, -0.05) is 0 Å². The molecule has 0 atom stereocenters. The molecule has 2 nitrogen and oxygen atoms in total. The molecular formula is C10H7BrO2S. The van der Waals surface area contributed by atoms with Gasteiger partial charge in [0.15, 0.2) is 0 Å². The minimum absolute atomic E-state index is 0.178. The van der Waals surface area contributed by atoms with E-state index in [0.717, 1.165) is 15.4 Å². The maximum atomic E-state index is 9.28. The van der Waals surface area contributed by atoms with Crippen LogP contribution in [0.1, 0.15) is 5.56 Å². The van der Waals surface area contributed by atoms with Gasteiger partial charge in [0.2, 0.25) is 4.71 Å². The van der Waals surface area contributed by atoms with Crippen LogP contribution in [0.3, 0.4) is 0 Å². The van der Waals surface area contributed by atoms with Gasteiger partial charge < -0.3 is 9.52 Å². The van der Waals surface area contributed by atoms with Crippen LogP contribution < -0.4 is 0 Å². The first-order valence-corrected chi connectivity index (χ1v) is 5.21. The number of halogens is 1. The summed E-state index contributed by atoms with van der Waals surface area (Å²) in [6, 6.07) is 4.99. The zero-order valence-corrected chi connectivity index (χ0v) is 9.78. The Kier molecular flexibility index (Phi) is 2.33. The lowest BCUT2D eigenvalue weighted by molar-refractivity contribution is 0.473. The fourth-order valence-corrected chi connectivity index (χ4v) is 1.86. The fraction of sp³-hybridized carbons (Fsp3) is 0.100. The maximum Gasteiger partial charge on any atom is 0.205 e. The number of phenols is 1. The number of aryl methyl sites for hydroxylation is 1. The first-order chi connectivity index (χ1) is 6.59. The van der Waals surface area contributed by atoms with Crippen molar-refractivity contribution in [1.82, 2.24) is 0 Å². The van der Waals surface area contributed by atoms with Gasteiger partial charge in [-0.3, -0.25) is 0 Å². The van der Waals surface area contributed by atoms with Gasteiger partial charge in [0.05, 0.1) is 4.47 Å². The Bertz CT molecular complexity index is 560. The summed E-state index contributed by atoms with van der Waals surface area (Å²) in [4.78, 5) is 0. The Balaban J connectivity index is 2.98. The smallest absolute Gasteiger partial charge is 0.205 e. The summed E-state index contributed by atoms with van der Waals surface area (Å²) in [7, 11) is 0. The number of phenolic OH excluding ortho intramolecular Hbond substituents is 1. The topological polar surface area (TPSA) is 33.4 Å². The molecule has 1 aromatic carbocycles. The normalized spacial score (nSPS) is 10.7. The summed E-state index contributed by atoms with van der Waals surface area (Å²) >= 11 is 8.37.